The standard InChI is InChI=1S/C25H23F2NO2/c1-25(2,16-29)24-14-21-22(28(24)20-10-8-18(26)9-11-20)12-19(27)13-23(21)30-15-17-6-4-3-5-7-17/h3-14,29H,15-16H2,1-2H3. The van der Waals surface area contributed by atoms with Crippen LogP contribution in [0.15, 0.2) is 72.8 Å². The van der Waals surface area contributed by atoms with Crippen LogP contribution in [0.2, 0.25) is 0 Å². The maximum Gasteiger partial charge on any atom is 0.132 e. The molecule has 1 heterocycles. The number of hydrogen-bond donors (Lipinski definition) is 1. The summed E-state index contributed by atoms with van der Waals surface area (Å²) in [5.74, 6) is -0.360. The van der Waals surface area contributed by atoms with Crippen molar-refractivity contribution in [1.29, 1.82) is 0 Å². The summed E-state index contributed by atoms with van der Waals surface area (Å²) in [5.41, 5.74) is 2.43. The molecule has 0 aliphatic rings. The van der Waals surface area contributed by atoms with Gasteiger partial charge in [0.25, 0.3) is 0 Å². The number of aliphatic hydroxyl groups excluding tert-OH is 1. The number of benzene rings is 3. The zero-order valence-corrected chi connectivity index (χ0v) is 16.9. The van der Waals surface area contributed by atoms with E-state index in [-0.39, 0.29) is 12.4 Å². The summed E-state index contributed by atoms with van der Waals surface area (Å²) in [6, 6.07) is 20.4. The van der Waals surface area contributed by atoms with E-state index < -0.39 is 11.2 Å². The molecule has 0 atom stereocenters. The summed E-state index contributed by atoms with van der Waals surface area (Å²) < 4.78 is 35.9. The van der Waals surface area contributed by atoms with Crippen molar-refractivity contribution in [3.05, 3.63) is 95.7 Å². The van der Waals surface area contributed by atoms with Crippen LogP contribution in [0.1, 0.15) is 25.1 Å². The number of ether oxygens (including phenoxy) is 1. The van der Waals surface area contributed by atoms with E-state index >= 15 is 0 Å². The summed E-state index contributed by atoms with van der Waals surface area (Å²) in [7, 11) is 0. The monoisotopic (exact) mass is 407 g/mol. The van der Waals surface area contributed by atoms with Crippen LogP contribution in [-0.2, 0) is 12.0 Å². The molecule has 0 bridgehead atoms. The Hall–Kier alpha value is -3.18. The zero-order valence-electron chi connectivity index (χ0n) is 16.9. The Morgan fingerprint density at radius 3 is 2.27 bits per heavy atom. The fraction of sp³-hybridized carbons (Fsp3) is 0.200. The first-order valence-corrected chi connectivity index (χ1v) is 9.78. The largest absolute Gasteiger partial charge is 0.488 e. The lowest BCUT2D eigenvalue weighted by Gasteiger charge is -2.24. The molecule has 0 amide bonds. The molecule has 0 aliphatic carbocycles. The van der Waals surface area contributed by atoms with Gasteiger partial charge in [-0.25, -0.2) is 8.78 Å². The highest BCUT2D eigenvalue weighted by molar-refractivity contribution is 5.89. The van der Waals surface area contributed by atoms with Crippen LogP contribution in [0.4, 0.5) is 8.78 Å². The minimum absolute atomic E-state index is 0.104. The van der Waals surface area contributed by atoms with Gasteiger partial charge < -0.3 is 14.4 Å². The van der Waals surface area contributed by atoms with Gasteiger partial charge in [-0.3, -0.25) is 0 Å². The predicted octanol–water partition coefficient (Wildman–Crippen LogP) is 5.76. The Bertz CT molecular complexity index is 1170. The maximum absolute atomic E-state index is 14.6. The Morgan fingerprint density at radius 1 is 0.900 bits per heavy atom. The van der Waals surface area contributed by atoms with E-state index in [1.165, 1.54) is 24.3 Å². The SMILES string of the molecule is CC(C)(CO)c1cc2c(OCc3ccccc3)cc(F)cc2n1-c1ccc(F)cc1. The van der Waals surface area contributed by atoms with Gasteiger partial charge in [-0.1, -0.05) is 44.2 Å². The topological polar surface area (TPSA) is 34.4 Å². The summed E-state index contributed by atoms with van der Waals surface area (Å²) in [5, 5.41) is 10.7. The summed E-state index contributed by atoms with van der Waals surface area (Å²) in [4.78, 5) is 0. The second-order valence-corrected chi connectivity index (χ2v) is 7.99. The number of aromatic nitrogens is 1. The maximum atomic E-state index is 14.6. The molecule has 1 N–H and O–H groups in total. The number of rotatable bonds is 6. The van der Waals surface area contributed by atoms with Gasteiger partial charge in [0.1, 0.15) is 24.0 Å². The molecule has 0 radical (unpaired) electrons. The van der Waals surface area contributed by atoms with Crippen molar-refractivity contribution < 1.29 is 18.6 Å². The molecule has 5 heteroatoms. The Morgan fingerprint density at radius 2 is 1.60 bits per heavy atom. The van der Waals surface area contributed by atoms with Crippen molar-refractivity contribution >= 4 is 10.9 Å². The number of fused-ring (bicyclic) bond motifs is 1. The predicted molar refractivity (Wildman–Crippen MR) is 114 cm³/mol. The van der Waals surface area contributed by atoms with Crippen molar-refractivity contribution in [2.24, 2.45) is 0 Å². The van der Waals surface area contributed by atoms with E-state index in [1.54, 1.807) is 12.1 Å². The molecule has 0 fully saturated rings. The highest BCUT2D eigenvalue weighted by Gasteiger charge is 2.27. The van der Waals surface area contributed by atoms with Gasteiger partial charge in [0.05, 0.1) is 12.1 Å². The van der Waals surface area contributed by atoms with Gasteiger partial charge in [-0.05, 0) is 42.0 Å². The fourth-order valence-electron chi connectivity index (χ4n) is 3.54. The quantitative estimate of drug-likeness (QED) is 0.441. The summed E-state index contributed by atoms with van der Waals surface area (Å²) in [6.07, 6.45) is 0. The average molecular weight is 407 g/mol. The van der Waals surface area contributed by atoms with Crippen LogP contribution in [0.5, 0.6) is 5.75 Å². The highest BCUT2D eigenvalue weighted by atomic mass is 19.1. The molecule has 3 nitrogen and oxygen atoms in total. The van der Waals surface area contributed by atoms with Gasteiger partial charge in [-0.2, -0.15) is 0 Å². The Kier molecular flexibility index (Phi) is 5.31. The second-order valence-electron chi connectivity index (χ2n) is 7.99. The smallest absolute Gasteiger partial charge is 0.132 e. The van der Waals surface area contributed by atoms with E-state index in [0.717, 1.165) is 16.6 Å². The molecule has 0 saturated heterocycles. The molecule has 1 aromatic heterocycles. The molecule has 30 heavy (non-hydrogen) atoms. The van der Waals surface area contributed by atoms with Gasteiger partial charge in [0.2, 0.25) is 0 Å². The van der Waals surface area contributed by atoms with Crippen LogP contribution < -0.4 is 4.74 Å². The van der Waals surface area contributed by atoms with Gasteiger partial charge >= 0.3 is 0 Å². The van der Waals surface area contributed by atoms with Crippen LogP contribution in [0.3, 0.4) is 0 Å². The molecule has 0 aliphatic heterocycles. The molecule has 4 aromatic rings. The Balaban J connectivity index is 1.89. The lowest BCUT2D eigenvalue weighted by molar-refractivity contribution is 0.214. The molecular formula is C25H23F2NO2. The third-order valence-corrected chi connectivity index (χ3v) is 5.26. The first-order valence-electron chi connectivity index (χ1n) is 9.78. The van der Waals surface area contributed by atoms with Crippen molar-refractivity contribution in [1.82, 2.24) is 4.57 Å². The van der Waals surface area contributed by atoms with Gasteiger partial charge in [0, 0.05) is 28.2 Å². The van der Waals surface area contributed by atoms with Crippen molar-refractivity contribution in [3.8, 4) is 11.4 Å². The van der Waals surface area contributed by atoms with Gasteiger partial charge in [0.15, 0.2) is 0 Å². The third-order valence-electron chi connectivity index (χ3n) is 5.26. The van der Waals surface area contributed by atoms with Crippen molar-refractivity contribution in [2.75, 3.05) is 6.61 Å². The normalized spacial score (nSPS) is 11.8. The molecule has 0 spiro atoms. The van der Waals surface area contributed by atoms with Crippen LogP contribution in [0, 0.1) is 11.6 Å². The lowest BCUT2D eigenvalue weighted by atomic mass is 9.90. The number of halogens is 2. The van der Waals surface area contributed by atoms with E-state index in [0.29, 0.717) is 23.6 Å². The van der Waals surface area contributed by atoms with Crippen LogP contribution in [0.25, 0.3) is 16.6 Å². The summed E-state index contributed by atoms with van der Waals surface area (Å²) in [6.45, 7) is 4.01. The van der Waals surface area contributed by atoms with Crippen LogP contribution in [-0.4, -0.2) is 16.3 Å². The second kappa shape index (κ2) is 7.92. The van der Waals surface area contributed by atoms with Crippen LogP contribution >= 0.6 is 0 Å². The molecule has 154 valence electrons. The summed E-state index contributed by atoms with van der Waals surface area (Å²) >= 11 is 0. The van der Waals surface area contributed by atoms with E-state index in [4.69, 9.17) is 4.74 Å². The Labute approximate surface area is 174 Å². The van der Waals surface area contributed by atoms with E-state index in [1.807, 2.05) is 54.8 Å². The van der Waals surface area contributed by atoms with E-state index in [9.17, 15) is 13.9 Å². The van der Waals surface area contributed by atoms with E-state index in [2.05, 4.69) is 0 Å². The minimum Gasteiger partial charge on any atom is -0.488 e. The number of aliphatic hydroxyl groups is 1. The average Bonchev–Trinajstić information content (AvgIpc) is 3.13. The van der Waals surface area contributed by atoms with Gasteiger partial charge in [-0.15, -0.1) is 0 Å². The van der Waals surface area contributed by atoms with Crippen molar-refractivity contribution in [3.63, 3.8) is 0 Å². The van der Waals surface area contributed by atoms with Crippen molar-refractivity contribution in [2.45, 2.75) is 25.9 Å². The highest BCUT2D eigenvalue weighted by Crippen LogP contribution is 2.37. The third kappa shape index (κ3) is 3.81. The fourth-order valence-corrected chi connectivity index (χ4v) is 3.54. The first-order chi connectivity index (χ1) is 14.4. The first kappa shape index (κ1) is 20.1. The molecule has 0 saturated carbocycles. The zero-order chi connectivity index (χ0) is 21.3. The molecule has 3 aromatic carbocycles. The lowest BCUT2D eigenvalue weighted by Crippen LogP contribution is -2.25. The molecule has 0 unspecified atom stereocenters. The molecular weight excluding hydrogens is 384 g/mol. The molecule has 4 rings (SSSR count). The number of hydrogen-bond acceptors (Lipinski definition) is 2. The number of nitrogens with zero attached hydrogens (tertiary/aromatic N) is 1. The minimum atomic E-state index is -0.611.